The third-order valence-corrected chi connectivity index (χ3v) is 4.71. The third-order valence-electron chi connectivity index (χ3n) is 3.96. The first-order valence-corrected chi connectivity index (χ1v) is 10.4. The summed E-state index contributed by atoms with van der Waals surface area (Å²) >= 11 is 8.77. The molecule has 3 aromatic rings. The molecule has 30 heavy (non-hydrogen) atoms. The van der Waals surface area contributed by atoms with E-state index in [4.69, 9.17) is 21.7 Å². The topological polar surface area (TPSA) is 81.5 Å². The van der Waals surface area contributed by atoms with Crippen LogP contribution >= 0.6 is 28.1 Å². The molecule has 0 fully saturated rings. The van der Waals surface area contributed by atoms with Crippen LogP contribution in [-0.2, 0) is 9.53 Å². The highest BCUT2D eigenvalue weighted by atomic mass is 79.9. The molecule has 156 valence electrons. The zero-order valence-electron chi connectivity index (χ0n) is 16.8. The Morgan fingerprint density at radius 2 is 2.03 bits per heavy atom. The van der Waals surface area contributed by atoms with Crippen LogP contribution in [0.5, 0.6) is 5.75 Å². The van der Waals surface area contributed by atoms with Crippen LogP contribution in [0.1, 0.15) is 25.0 Å². The van der Waals surface area contributed by atoms with Crippen molar-refractivity contribution in [1.29, 1.82) is 0 Å². The zero-order chi connectivity index (χ0) is 21.7. The van der Waals surface area contributed by atoms with Gasteiger partial charge in [-0.1, -0.05) is 45.8 Å². The van der Waals surface area contributed by atoms with Crippen molar-refractivity contribution in [3.63, 3.8) is 0 Å². The van der Waals surface area contributed by atoms with E-state index in [1.807, 2.05) is 43.3 Å². The number of benzene rings is 2. The highest BCUT2D eigenvalue weighted by Crippen LogP contribution is 2.23. The number of H-pyrrole nitrogens is 1. The maximum Gasteiger partial charge on any atom is 0.344 e. The van der Waals surface area contributed by atoms with Crippen LogP contribution in [0.4, 0.5) is 0 Å². The number of hydrogen-bond donors (Lipinski definition) is 1. The molecule has 1 N–H and O–H groups in total. The lowest BCUT2D eigenvalue weighted by Crippen LogP contribution is -2.19. The molecule has 0 spiro atoms. The van der Waals surface area contributed by atoms with Crippen LogP contribution in [0.2, 0.25) is 0 Å². The van der Waals surface area contributed by atoms with E-state index in [1.165, 1.54) is 4.68 Å². The highest BCUT2D eigenvalue weighted by Gasteiger charge is 2.11. The van der Waals surface area contributed by atoms with Gasteiger partial charge in [-0.2, -0.15) is 14.9 Å². The van der Waals surface area contributed by atoms with Crippen LogP contribution in [0, 0.1) is 11.7 Å². The molecule has 1 heterocycles. The first-order chi connectivity index (χ1) is 14.3. The number of aromatic nitrogens is 3. The van der Waals surface area contributed by atoms with Gasteiger partial charge in [-0.15, -0.1) is 0 Å². The lowest BCUT2D eigenvalue weighted by Gasteiger charge is -2.11. The smallest absolute Gasteiger partial charge is 0.344 e. The number of aryl methyl sites for hydroxylation is 1. The Balaban J connectivity index is 1.87. The molecule has 1 aromatic heterocycles. The molecule has 0 aliphatic heterocycles. The van der Waals surface area contributed by atoms with Crippen molar-refractivity contribution in [2.45, 2.75) is 26.9 Å². The maximum absolute atomic E-state index is 11.8. The fourth-order valence-corrected chi connectivity index (χ4v) is 3.15. The summed E-state index contributed by atoms with van der Waals surface area (Å²) in [6.45, 7) is 5.40. The van der Waals surface area contributed by atoms with Gasteiger partial charge in [0.25, 0.3) is 0 Å². The van der Waals surface area contributed by atoms with Gasteiger partial charge in [0.15, 0.2) is 12.4 Å². The van der Waals surface area contributed by atoms with Gasteiger partial charge in [0.1, 0.15) is 5.75 Å². The lowest BCUT2D eigenvalue weighted by molar-refractivity contribution is -0.149. The quantitative estimate of drug-likeness (QED) is 0.290. The van der Waals surface area contributed by atoms with Crippen LogP contribution in [0.3, 0.4) is 0 Å². The number of nitrogens with one attached hydrogen (secondary N) is 1. The van der Waals surface area contributed by atoms with Crippen molar-refractivity contribution in [3.8, 4) is 17.1 Å². The number of aromatic amines is 1. The monoisotopic (exact) mass is 488 g/mol. The molecule has 0 saturated carbocycles. The minimum Gasteiger partial charge on any atom is -0.481 e. The Labute approximate surface area is 187 Å². The molecular weight excluding hydrogens is 468 g/mol. The summed E-state index contributed by atoms with van der Waals surface area (Å²) in [5.74, 6) is 0.651. The minimum atomic E-state index is -0.436. The number of ether oxygens (including phenoxy) is 2. The molecule has 0 aliphatic rings. The maximum atomic E-state index is 11.8. The van der Waals surface area contributed by atoms with E-state index in [0.29, 0.717) is 21.9 Å². The first-order valence-electron chi connectivity index (χ1n) is 9.24. The van der Waals surface area contributed by atoms with Gasteiger partial charge < -0.3 is 9.47 Å². The van der Waals surface area contributed by atoms with Crippen LogP contribution in [0.15, 0.2) is 52.0 Å². The Morgan fingerprint density at radius 1 is 1.30 bits per heavy atom. The largest absolute Gasteiger partial charge is 0.481 e. The summed E-state index contributed by atoms with van der Waals surface area (Å²) < 4.78 is 13.5. The van der Waals surface area contributed by atoms with E-state index in [1.54, 1.807) is 26.1 Å². The van der Waals surface area contributed by atoms with Crippen molar-refractivity contribution >= 4 is 40.3 Å². The summed E-state index contributed by atoms with van der Waals surface area (Å²) in [5.41, 5.74) is 2.70. The van der Waals surface area contributed by atoms with Gasteiger partial charge in [0.05, 0.1) is 12.3 Å². The van der Waals surface area contributed by atoms with E-state index in [-0.39, 0.29) is 12.7 Å². The Morgan fingerprint density at radius 3 is 2.73 bits per heavy atom. The van der Waals surface area contributed by atoms with Gasteiger partial charge in [-0.3, -0.25) is 0 Å². The molecule has 0 bridgehead atoms. The molecule has 7 nitrogen and oxygen atoms in total. The SMILES string of the molecule is Cc1ccc(-c2n[nH]c(=S)n2/N=C/c2cc(Br)ccc2OCC(=O)OC(C)C)cc1. The van der Waals surface area contributed by atoms with E-state index >= 15 is 0 Å². The number of nitrogens with zero attached hydrogens (tertiary/aromatic N) is 3. The van der Waals surface area contributed by atoms with E-state index in [0.717, 1.165) is 15.6 Å². The van der Waals surface area contributed by atoms with Crippen molar-refractivity contribution in [1.82, 2.24) is 14.9 Å². The van der Waals surface area contributed by atoms with Crippen LogP contribution < -0.4 is 4.74 Å². The predicted octanol–water partition coefficient (Wildman–Crippen LogP) is 4.89. The van der Waals surface area contributed by atoms with Gasteiger partial charge in [-0.05, 0) is 51.2 Å². The van der Waals surface area contributed by atoms with Gasteiger partial charge in [0.2, 0.25) is 4.77 Å². The third kappa shape index (κ3) is 5.64. The number of carbonyl (C=O) groups is 1. The Kier molecular flexibility index (Phi) is 7.17. The molecule has 9 heteroatoms. The molecule has 2 aromatic carbocycles. The van der Waals surface area contributed by atoms with Crippen molar-refractivity contribution in [2.75, 3.05) is 6.61 Å². The van der Waals surface area contributed by atoms with Gasteiger partial charge in [0, 0.05) is 15.6 Å². The standard InChI is InChI=1S/C21H21BrN4O3S/c1-13(2)29-19(27)12-28-18-9-8-17(22)10-16(18)11-23-26-20(24-25-21(26)30)15-6-4-14(3)5-7-15/h4-11,13H,12H2,1-3H3,(H,25,30)/b23-11+. The van der Waals surface area contributed by atoms with E-state index in [9.17, 15) is 4.79 Å². The fourth-order valence-electron chi connectivity index (χ4n) is 2.59. The summed E-state index contributed by atoms with van der Waals surface area (Å²) in [6, 6.07) is 13.3. The van der Waals surface area contributed by atoms with E-state index < -0.39 is 5.97 Å². The molecule has 0 saturated heterocycles. The number of hydrogen-bond acceptors (Lipinski definition) is 6. The normalized spacial score (nSPS) is 11.2. The molecular formula is C21H21BrN4O3S. The van der Waals surface area contributed by atoms with Crippen LogP contribution in [0.25, 0.3) is 11.4 Å². The Bertz CT molecular complexity index is 1120. The number of halogens is 1. The minimum absolute atomic E-state index is 0.194. The van der Waals surface area contributed by atoms with Crippen molar-refractivity contribution in [2.24, 2.45) is 5.10 Å². The molecule has 0 amide bonds. The first kappa shape index (κ1) is 21.9. The molecule has 0 atom stereocenters. The van der Waals surface area contributed by atoms with Crippen molar-refractivity contribution < 1.29 is 14.3 Å². The number of rotatable bonds is 7. The van der Waals surface area contributed by atoms with Gasteiger partial charge >= 0.3 is 5.97 Å². The van der Waals surface area contributed by atoms with Crippen LogP contribution in [-0.4, -0.2) is 39.8 Å². The summed E-state index contributed by atoms with van der Waals surface area (Å²) in [5, 5.41) is 11.5. The predicted molar refractivity (Wildman–Crippen MR) is 121 cm³/mol. The second kappa shape index (κ2) is 9.82. The second-order valence-electron chi connectivity index (χ2n) is 6.78. The van der Waals surface area contributed by atoms with E-state index in [2.05, 4.69) is 31.2 Å². The fraction of sp³-hybridized carbons (Fsp3) is 0.238. The summed E-state index contributed by atoms with van der Waals surface area (Å²) in [6.07, 6.45) is 1.41. The summed E-state index contributed by atoms with van der Waals surface area (Å²) in [7, 11) is 0. The zero-order valence-corrected chi connectivity index (χ0v) is 19.2. The summed E-state index contributed by atoms with van der Waals surface area (Å²) in [4.78, 5) is 11.8. The number of esters is 1. The number of carbonyl (C=O) groups excluding carboxylic acids is 1. The van der Waals surface area contributed by atoms with Gasteiger partial charge in [-0.25, -0.2) is 9.89 Å². The molecule has 3 rings (SSSR count). The highest BCUT2D eigenvalue weighted by molar-refractivity contribution is 9.10. The second-order valence-corrected chi connectivity index (χ2v) is 8.09. The molecule has 0 aliphatic carbocycles. The Hall–Kier alpha value is -2.78. The average Bonchev–Trinajstić information content (AvgIpc) is 3.06. The van der Waals surface area contributed by atoms with Crippen molar-refractivity contribution in [3.05, 3.63) is 62.8 Å². The average molecular weight is 489 g/mol. The molecule has 0 unspecified atom stereocenters. The lowest BCUT2D eigenvalue weighted by atomic mass is 10.1. The molecule has 0 radical (unpaired) electrons.